The third-order valence-electron chi connectivity index (χ3n) is 13.2. The summed E-state index contributed by atoms with van der Waals surface area (Å²) >= 11 is 0. The smallest absolute Gasteiger partial charge is 0.143 e. The number of hydrogen-bond acceptors (Lipinski definition) is 2. The van der Waals surface area contributed by atoms with Crippen LogP contribution < -0.4 is 4.90 Å². The molecule has 0 atom stereocenters. The molecule has 2 aromatic heterocycles. The van der Waals surface area contributed by atoms with Crippen LogP contribution in [-0.2, 0) is 0 Å². The van der Waals surface area contributed by atoms with Crippen molar-refractivity contribution in [3.63, 3.8) is 0 Å². The predicted octanol–water partition coefficient (Wildman–Crippen LogP) is 17.5. The summed E-state index contributed by atoms with van der Waals surface area (Å²) in [5, 5.41) is 9.45. The number of rotatable bonds is 7. The largest absolute Gasteiger partial charge is 0.455 e. The molecule has 304 valence electrons. The molecule has 11 aromatic carbocycles. The first-order chi connectivity index (χ1) is 32.3. The number of benzene rings is 11. The zero-order valence-corrected chi connectivity index (χ0v) is 35.4. The van der Waals surface area contributed by atoms with Crippen LogP contribution in [0, 0.1) is 0 Å². The van der Waals surface area contributed by atoms with Crippen LogP contribution in [0.15, 0.2) is 247 Å². The predicted molar refractivity (Wildman–Crippen MR) is 274 cm³/mol. The number of furan rings is 1. The third-order valence-corrected chi connectivity index (χ3v) is 13.2. The van der Waals surface area contributed by atoms with Crippen LogP contribution in [-0.4, -0.2) is 4.57 Å². The maximum Gasteiger partial charge on any atom is 0.143 e. The lowest BCUT2D eigenvalue weighted by Gasteiger charge is -2.30. The molecule has 0 N–H and O–H groups in total. The van der Waals surface area contributed by atoms with E-state index in [1.807, 2.05) is 0 Å². The molecule has 2 heterocycles. The lowest BCUT2D eigenvalue weighted by atomic mass is 9.95. The SMILES string of the molecule is c1cc(-c2ccc(N(c3ccccc3-c3cccc4c3oc3c5ccccc5ccc43)c3ccccc3-n3c4ccccc4c4ccccc43)cc2)cc(-c2cccc3ccccc23)c1. The van der Waals surface area contributed by atoms with Crippen molar-refractivity contribution in [3.05, 3.63) is 243 Å². The summed E-state index contributed by atoms with van der Waals surface area (Å²) in [6.45, 7) is 0. The molecule has 0 radical (unpaired) electrons. The van der Waals surface area contributed by atoms with Gasteiger partial charge in [0.05, 0.1) is 28.1 Å². The van der Waals surface area contributed by atoms with Gasteiger partial charge in [0.15, 0.2) is 0 Å². The molecule has 0 fully saturated rings. The molecule has 0 amide bonds. The normalized spacial score (nSPS) is 11.7. The number of para-hydroxylation sites is 6. The van der Waals surface area contributed by atoms with Gasteiger partial charge in [-0.05, 0) is 93.0 Å². The summed E-state index contributed by atoms with van der Waals surface area (Å²) < 4.78 is 9.41. The summed E-state index contributed by atoms with van der Waals surface area (Å²) in [4.78, 5) is 2.43. The number of hydrogen-bond donors (Lipinski definition) is 0. The second-order valence-corrected chi connectivity index (χ2v) is 16.8. The van der Waals surface area contributed by atoms with Crippen molar-refractivity contribution in [2.24, 2.45) is 0 Å². The molecule has 65 heavy (non-hydrogen) atoms. The van der Waals surface area contributed by atoms with Crippen molar-refractivity contribution < 1.29 is 4.42 Å². The van der Waals surface area contributed by atoms with E-state index in [0.717, 1.165) is 83.2 Å². The Bertz CT molecular complexity index is 3910. The molecule has 0 unspecified atom stereocenters. The quantitative estimate of drug-likeness (QED) is 0.160. The maximum absolute atomic E-state index is 6.98. The topological polar surface area (TPSA) is 21.3 Å². The van der Waals surface area contributed by atoms with Crippen LogP contribution in [0.1, 0.15) is 0 Å². The van der Waals surface area contributed by atoms with Crippen LogP contribution in [0.2, 0.25) is 0 Å². The monoisotopic (exact) mass is 828 g/mol. The highest BCUT2D eigenvalue weighted by molar-refractivity contribution is 6.18. The van der Waals surface area contributed by atoms with Gasteiger partial charge in [0.1, 0.15) is 11.2 Å². The minimum Gasteiger partial charge on any atom is -0.455 e. The van der Waals surface area contributed by atoms with E-state index in [-0.39, 0.29) is 0 Å². The van der Waals surface area contributed by atoms with Crippen LogP contribution in [0.3, 0.4) is 0 Å². The second kappa shape index (κ2) is 15.0. The maximum atomic E-state index is 6.98. The average Bonchev–Trinajstić information content (AvgIpc) is 3.93. The van der Waals surface area contributed by atoms with Gasteiger partial charge in [-0.3, -0.25) is 0 Å². The molecule has 0 aliphatic carbocycles. The van der Waals surface area contributed by atoms with Crippen molar-refractivity contribution in [1.82, 2.24) is 4.57 Å². The van der Waals surface area contributed by atoms with Gasteiger partial charge in [-0.2, -0.15) is 0 Å². The van der Waals surface area contributed by atoms with Gasteiger partial charge in [-0.15, -0.1) is 0 Å². The summed E-state index contributed by atoms with van der Waals surface area (Å²) in [5.74, 6) is 0. The van der Waals surface area contributed by atoms with E-state index in [9.17, 15) is 0 Å². The molecule has 0 saturated heterocycles. The first-order valence-corrected chi connectivity index (χ1v) is 22.3. The fourth-order valence-electron chi connectivity index (χ4n) is 10.2. The van der Waals surface area contributed by atoms with Crippen molar-refractivity contribution in [3.8, 4) is 39.1 Å². The van der Waals surface area contributed by atoms with E-state index >= 15 is 0 Å². The molecule has 0 aliphatic rings. The number of aromatic nitrogens is 1. The highest BCUT2D eigenvalue weighted by Gasteiger charge is 2.24. The van der Waals surface area contributed by atoms with Gasteiger partial charge in [0, 0.05) is 43.7 Å². The van der Waals surface area contributed by atoms with Gasteiger partial charge >= 0.3 is 0 Å². The molecule has 13 aromatic rings. The number of nitrogens with zero attached hydrogens (tertiary/aromatic N) is 2. The second-order valence-electron chi connectivity index (χ2n) is 16.8. The lowest BCUT2D eigenvalue weighted by Crippen LogP contribution is -2.14. The van der Waals surface area contributed by atoms with Crippen LogP contribution >= 0.6 is 0 Å². The van der Waals surface area contributed by atoms with Gasteiger partial charge in [0.2, 0.25) is 0 Å². The summed E-state index contributed by atoms with van der Waals surface area (Å²) in [6, 6.07) is 87.7. The van der Waals surface area contributed by atoms with Gasteiger partial charge in [-0.25, -0.2) is 0 Å². The van der Waals surface area contributed by atoms with Crippen LogP contribution in [0.4, 0.5) is 17.1 Å². The Hall–Kier alpha value is -8.66. The highest BCUT2D eigenvalue weighted by atomic mass is 16.3. The zero-order chi connectivity index (χ0) is 42.8. The third kappa shape index (κ3) is 5.97. The zero-order valence-electron chi connectivity index (χ0n) is 35.4. The Morgan fingerprint density at radius 2 is 0.846 bits per heavy atom. The van der Waals surface area contributed by atoms with E-state index in [1.165, 1.54) is 38.2 Å². The van der Waals surface area contributed by atoms with Crippen molar-refractivity contribution in [2.45, 2.75) is 0 Å². The minimum atomic E-state index is 0.878. The van der Waals surface area contributed by atoms with Gasteiger partial charge in [0.25, 0.3) is 0 Å². The van der Waals surface area contributed by atoms with E-state index in [2.05, 4.69) is 252 Å². The van der Waals surface area contributed by atoms with E-state index in [1.54, 1.807) is 0 Å². The Labute approximate surface area is 376 Å². The lowest BCUT2D eigenvalue weighted by molar-refractivity contribution is 0.674. The van der Waals surface area contributed by atoms with Crippen molar-refractivity contribution in [2.75, 3.05) is 4.90 Å². The number of fused-ring (bicyclic) bond motifs is 9. The molecule has 3 nitrogen and oxygen atoms in total. The molecule has 0 bridgehead atoms. The standard InChI is InChI=1S/C62H40N2O/c1-3-21-47-42(16-1)18-14-26-48(47)45-20-13-19-44(40-45)41-34-37-46(38-35-41)63(59-32-11-12-33-60(59)64-57-30-9-5-23-50(57)51-24-6-10-31-58(51)64)56-29-8-7-25-52(56)53-27-15-28-54-55-39-36-43-17-2-4-22-49(43)61(55)65-62(53)54/h1-40H. The highest BCUT2D eigenvalue weighted by Crippen LogP contribution is 2.47. The Balaban J connectivity index is 1.02. The van der Waals surface area contributed by atoms with Crippen LogP contribution in [0.5, 0.6) is 0 Å². The van der Waals surface area contributed by atoms with Crippen LogP contribution in [0.25, 0.3) is 104 Å². The fraction of sp³-hybridized carbons (Fsp3) is 0. The Morgan fingerprint density at radius 3 is 1.65 bits per heavy atom. The first-order valence-electron chi connectivity index (χ1n) is 22.3. The molecule has 0 aliphatic heterocycles. The van der Waals surface area contributed by atoms with E-state index < -0.39 is 0 Å². The molecule has 0 saturated carbocycles. The fourth-order valence-corrected chi connectivity index (χ4v) is 10.2. The molecule has 3 heteroatoms. The number of anilines is 3. The summed E-state index contributed by atoms with van der Waals surface area (Å²) in [6.07, 6.45) is 0. The van der Waals surface area contributed by atoms with Gasteiger partial charge < -0.3 is 13.9 Å². The van der Waals surface area contributed by atoms with E-state index in [0.29, 0.717) is 0 Å². The molecular formula is C62H40N2O. The summed E-state index contributed by atoms with van der Waals surface area (Å²) in [7, 11) is 0. The Kier molecular flexibility index (Phi) is 8.53. The Morgan fingerprint density at radius 1 is 0.308 bits per heavy atom. The van der Waals surface area contributed by atoms with Gasteiger partial charge in [-0.1, -0.05) is 188 Å². The molecular weight excluding hydrogens is 789 g/mol. The molecule has 13 rings (SSSR count). The minimum absolute atomic E-state index is 0.878. The van der Waals surface area contributed by atoms with E-state index in [4.69, 9.17) is 4.42 Å². The van der Waals surface area contributed by atoms with Crippen molar-refractivity contribution in [1.29, 1.82) is 0 Å². The average molecular weight is 829 g/mol. The first kappa shape index (κ1) is 36.9. The molecule has 0 spiro atoms. The summed E-state index contributed by atoms with van der Waals surface area (Å²) in [5.41, 5.74) is 15.2. The van der Waals surface area contributed by atoms with Crippen molar-refractivity contribution >= 4 is 82.4 Å².